The fourth-order valence-corrected chi connectivity index (χ4v) is 3.62. The van der Waals surface area contributed by atoms with Crippen LogP contribution in [0.15, 0.2) is 61.5 Å². The SMILES string of the molecule is C[C@@H](N)c1ccc(Sc2nc3ccccc3o2)cc1Br. The normalized spacial score (nSPS) is 12.8. The van der Waals surface area contributed by atoms with Gasteiger partial charge in [-0.25, -0.2) is 4.98 Å². The van der Waals surface area contributed by atoms with Crippen molar-refractivity contribution >= 4 is 38.8 Å². The van der Waals surface area contributed by atoms with Crippen LogP contribution in [-0.4, -0.2) is 4.98 Å². The minimum atomic E-state index is 0.00718. The van der Waals surface area contributed by atoms with E-state index in [2.05, 4.69) is 20.9 Å². The number of nitrogens with two attached hydrogens (primary N) is 1. The van der Waals surface area contributed by atoms with E-state index in [-0.39, 0.29) is 6.04 Å². The monoisotopic (exact) mass is 348 g/mol. The van der Waals surface area contributed by atoms with Crippen LogP contribution in [0.25, 0.3) is 11.1 Å². The highest BCUT2D eigenvalue weighted by Gasteiger charge is 2.10. The Morgan fingerprint density at radius 3 is 2.75 bits per heavy atom. The molecule has 5 heteroatoms. The van der Waals surface area contributed by atoms with Crippen molar-refractivity contribution in [3.05, 3.63) is 52.5 Å². The summed E-state index contributed by atoms with van der Waals surface area (Å²) in [6, 6.07) is 13.9. The number of para-hydroxylation sites is 2. The lowest BCUT2D eigenvalue weighted by molar-refractivity contribution is 0.489. The molecule has 1 aromatic heterocycles. The summed E-state index contributed by atoms with van der Waals surface area (Å²) in [5.74, 6) is 0. The molecule has 0 saturated heterocycles. The molecule has 2 N–H and O–H groups in total. The summed E-state index contributed by atoms with van der Waals surface area (Å²) >= 11 is 5.05. The topological polar surface area (TPSA) is 52.0 Å². The third kappa shape index (κ3) is 2.75. The second-order valence-corrected chi connectivity index (χ2v) is 6.40. The molecular weight excluding hydrogens is 336 g/mol. The summed E-state index contributed by atoms with van der Waals surface area (Å²) in [4.78, 5) is 5.51. The van der Waals surface area contributed by atoms with Gasteiger partial charge in [-0.3, -0.25) is 0 Å². The molecule has 0 spiro atoms. The summed E-state index contributed by atoms with van der Waals surface area (Å²) in [6.07, 6.45) is 0. The van der Waals surface area contributed by atoms with Gasteiger partial charge in [-0.1, -0.05) is 34.1 Å². The molecule has 3 aromatic rings. The number of benzene rings is 2. The molecule has 0 amide bonds. The van der Waals surface area contributed by atoms with E-state index in [1.54, 1.807) is 0 Å². The zero-order valence-electron chi connectivity index (χ0n) is 10.8. The number of oxazole rings is 1. The molecule has 3 nitrogen and oxygen atoms in total. The predicted octanol–water partition coefficient (Wildman–Crippen LogP) is 4.76. The summed E-state index contributed by atoms with van der Waals surface area (Å²) in [7, 11) is 0. The van der Waals surface area contributed by atoms with Gasteiger partial charge in [0.1, 0.15) is 5.52 Å². The van der Waals surface area contributed by atoms with Crippen molar-refractivity contribution in [1.82, 2.24) is 4.98 Å². The van der Waals surface area contributed by atoms with Gasteiger partial charge >= 0.3 is 0 Å². The first-order valence-corrected chi connectivity index (χ1v) is 7.83. The van der Waals surface area contributed by atoms with Gasteiger partial charge in [0.25, 0.3) is 5.22 Å². The average Bonchev–Trinajstić information content (AvgIpc) is 2.80. The van der Waals surface area contributed by atoms with Crippen molar-refractivity contribution in [3.63, 3.8) is 0 Å². The lowest BCUT2D eigenvalue weighted by Crippen LogP contribution is -2.05. The fourth-order valence-electron chi connectivity index (χ4n) is 1.94. The molecule has 0 aliphatic rings. The van der Waals surface area contributed by atoms with E-state index < -0.39 is 0 Å². The molecule has 0 aliphatic carbocycles. The van der Waals surface area contributed by atoms with Crippen LogP contribution in [0, 0.1) is 0 Å². The van der Waals surface area contributed by atoms with E-state index >= 15 is 0 Å². The van der Waals surface area contributed by atoms with Crippen LogP contribution in [0.4, 0.5) is 0 Å². The molecule has 0 aliphatic heterocycles. The van der Waals surface area contributed by atoms with Crippen molar-refractivity contribution in [1.29, 1.82) is 0 Å². The van der Waals surface area contributed by atoms with E-state index in [4.69, 9.17) is 10.2 Å². The number of nitrogens with zero attached hydrogens (tertiary/aromatic N) is 1. The van der Waals surface area contributed by atoms with E-state index in [9.17, 15) is 0 Å². The molecule has 0 saturated carbocycles. The Morgan fingerprint density at radius 1 is 1.25 bits per heavy atom. The van der Waals surface area contributed by atoms with Crippen LogP contribution >= 0.6 is 27.7 Å². The molecule has 0 unspecified atom stereocenters. The highest BCUT2D eigenvalue weighted by molar-refractivity contribution is 9.10. The first-order chi connectivity index (χ1) is 9.63. The van der Waals surface area contributed by atoms with Crippen molar-refractivity contribution in [2.24, 2.45) is 5.73 Å². The van der Waals surface area contributed by atoms with Crippen LogP contribution in [0.2, 0.25) is 0 Å². The van der Waals surface area contributed by atoms with Gasteiger partial charge in [0.15, 0.2) is 5.58 Å². The number of fused-ring (bicyclic) bond motifs is 1. The average molecular weight is 349 g/mol. The van der Waals surface area contributed by atoms with Crippen molar-refractivity contribution in [3.8, 4) is 0 Å². The Hall–Kier alpha value is -1.30. The molecule has 0 bridgehead atoms. The highest BCUT2D eigenvalue weighted by Crippen LogP contribution is 2.33. The zero-order chi connectivity index (χ0) is 14.1. The van der Waals surface area contributed by atoms with Gasteiger partial charge in [-0.2, -0.15) is 0 Å². The van der Waals surface area contributed by atoms with Crippen molar-refractivity contribution in [2.45, 2.75) is 23.1 Å². The number of hydrogen-bond donors (Lipinski definition) is 1. The molecule has 0 fully saturated rings. The molecule has 3 rings (SSSR count). The van der Waals surface area contributed by atoms with Crippen molar-refractivity contribution in [2.75, 3.05) is 0 Å². The number of rotatable bonds is 3. The third-order valence-electron chi connectivity index (χ3n) is 2.94. The molecule has 102 valence electrons. The van der Waals surface area contributed by atoms with Crippen LogP contribution in [0.5, 0.6) is 0 Å². The first-order valence-electron chi connectivity index (χ1n) is 6.22. The molecular formula is C15H13BrN2OS. The largest absolute Gasteiger partial charge is 0.431 e. The summed E-state index contributed by atoms with van der Waals surface area (Å²) in [5, 5.41) is 0.645. The number of halogens is 1. The quantitative estimate of drug-likeness (QED) is 0.741. The van der Waals surface area contributed by atoms with E-state index in [0.29, 0.717) is 5.22 Å². The minimum Gasteiger partial charge on any atom is -0.431 e. The maximum atomic E-state index is 5.90. The molecule has 20 heavy (non-hydrogen) atoms. The Balaban J connectivity index is 1.89. The van der Waals surface area contributed by atoms with Gasteiger partial charge in [0.05, 0.1) is 0 Å². The third-order valence-corrected chi connectivity index (χ3v) is 4.47. The van der Waals surface area contributed by atoms with Gasteiger partial charge in [0, 0.05) is 15.4 Å². The maximum Gasteiger partial charge on any atom is 0.261 e. The van der Waals surface area contributed by atoms with Crippen LogP contribution in [-0.2, 0) is 0 Å². The first kappa shape index (κ1) is 13.7. The maximum absolute atomic E-state index is 5.90. The summed E-state index contributed by atoms with van der Waals surface area (Å²) < 4.78 is 6.71. The lowest BCUT2D eigenvalue weighted by atomic mass is 10.1. The van der Waals surface area contributed by atoms with E-state index in [1.165, 1.54) is 11.8 Å². The molecule has 0 radical (unpaired) electrons. The smallest absolute Gasteiger partial charge is 0.261 e. The number of aromatic nitrogens is 1. The Labute approximate surface area is 129 Å². The second-order valence-electron chi connectivity index (χ2n) is 4.52. The number of hydrogen-bond acceptors (Lipinski definition) is 4. The Kier molecular flexibility index (Phi) is 3.83. The summed E-state index contributed by atoms with van der Waals surface area (Å²) in [5.41, 5.74) is 8.67. The predicted molar refractivity (Wildman–Crippen MR) is 84.9 cm³/mol. The molecule has 1 heterocycles. The Bertz CT molecular complexity index is 721. The minimum absolute atomic E-state index is 0.00718. The van der Waals surface area contributed by atoms with Gasteiger partial charge in [-0.05, 0) is 48.5 Å². The van der Waals surface area contributed by atoms with Gasteiger partial charge in [-0.15, -0.1) is 0 Å². The van der Waals surface area contributed by atoms with Gasteiger partial charge < -0.3 is 10.2 Å². The lowest BCUT2D eigenvalue weighted by Gasteiger charge is -2.09. The Morgan fingerprint density at radius 2 is 2.05 bits per heavy atom. The standard InChI is InChI=1S/C15H13BrN2OS/c1-9(17)11-7-6-10(8-12(11)16)20-15-18-13-4-2-3-5-14(13)19-15/h2-9H,17H2,1H3/t9-/m1/s1. The highest BCUT2D eigenvalue weighted by atomic mass is 79.9. The zero-order valence-corrected chi connectivity index (χ0v) is 13.2. The fraction of sp³-hybridized carbons (Fsp3) is 0.133. The van der Waals surface area contributed by atoms with Crippen molar-refractivity contribution < 1.29 is 4.42 Å². The second kappa shape index (κ2) is 5.60. The van der Waals surface area contributed by atoms with E-state index in [0.717, 1.165) is 26.0 Å². The van der Waals surface area contributed by atoms with Crippen LogP contribution < -0.4 is 5.73 Å². The van der Waals surface area contributed by atoms with Crippen LogP contribution in [0.1, 0.15) is 18.5 Å². The van der Waals surface area contributed by atoms with Gasteiger partial charge in [0.2, 0.25) is 0 Å². The van der Waals surface area contributed by atoms with E-state index in [1.807, 2.05) is 49.4 Å². The summed E-state index contributed by atoms with van der Waals surface area (Å²) in [6.45, 7) is 1.97. The van der Waals surface area contributed by atoms with Crippen LogP contribution in [0.3, 0.4) is 0 Å². The molecule has 1 atom stereocenters. The molecule has 2 aromatic carbocycles.